The smallest absolute Gasteiger partial charge is 0.336 e. The van der Waals surface area contributed by atoms with Crippen molar-refractivity contribution in [2.75, 3.05) is 0 Å². The highest BCUT2D eigenvalue weighted by Crippen LogP contribution is 2.20. The van der Waals surface area contributed by atoms with Crippen LogP contribution in [0.15, 0.2) is 29.4 Å². The number of sulfone groups is 1. The number of carboxylic acid groups (broad SMARTS) is 1. The van der Waals surface area contributed by atoms with Gasteiger partial charge in [0.15, 0.2) is 9.84 Å². The number of carbonyl (C=O) groups is 1. The van der Waals surface area contributed by atoms with Gasteiger partial charge in [0, 0.05) is 7.05 Å². The van der Waals surface area contributed by atoms with Crippen molar-refractivity contribution in [3.05, 3.63) is 41.5 Å². The Kier molecular flexibility index (Phi) is 4.08. The molecule has 0 aliphatic carbocycles. The summed E-state index contributed by atoms with van der Waals surface area (Å²) in [6.45, 7) is 1.81. The number of aromatic nitrogens is 3. The van der Waals surface area contributed by atoms with Gasteiger partial charge in [-0.3, -0.25) is 4.68 Å². The third kappa shape index (κ3) is 3.10. The summed E-state index contributed by atoms with van der Waals surface area (Å²) in [7, 11) is -2.08. The van der Waals surface area contributed by atoms with Gasteiger partial charge in [0.25, 0.3) is 0 Å². The van der Waals surface area contributed by atoms with E-state index in [2.05, 4.69) is 10.1 Å². The van der Waals surface area contributed by atoms with Crippen molar-refractivity contribution in [3.8, 4) is 0 Å². The van der Waals surface area contributed by atoms with Crippen LogP contribution in [0.25, 0.3) is 0 Å². The number of aryl methyl sites for hydroxylation is 2. The van der Waals surface area contributed by atoms with Crippen LogP contribution >= 0.6 is 0 Å². The Morgan fingerprint density at radius 1 is 1.38 bits per heavy atom. The first kappa shape index (κ1) is 15.2. The maximum absolute atomic E-state index is 12.4. The van der Waals surface area contributed by atoms with Crippen LogP contribution in [0.5, 0.6) is 0 Å². The third-order valence-corrected chi connectivity index (χ3v) is 4.79. The molecule has 1 heterocycles. The summed E-state index contributed by atoms with van der Waals surface area (Å²) < 4.78 is 26.1. The lowest BCUT2D eigenvalue weighted by Gasteiger charge is -2.08. The Bertz CT molecular complexity index is 780. The molecule has 112 valence electrons. The summed E-state index contributed by atoms with van der Waals surface area (Å²) in [5.74, 6) is -1.16. The van der Waals surface area contributed by atoms with Crippen molar-refractivity contribution >= 4 is 15.8 Å². The van der Waals surface area contributed by atoms with E-state index in [-0.39, 0.29) is 16.2 Å². The Hall–Kier alpha value is -2.22. The van der Waals surface area contributed by atoms with E-state index in [1.165, 1.54) is 29.2 Å². The molecule has 0 radical (unpaired) electrons. The highest BCUT2D eigenvalue weighted by Gasteiger charge is 2.21. The van der Waals surface area contributed by atoms with Crippen LogP contribution in [0.1, 0.15) is 28.7 Å². The molecule has 0 aliphatic rings. The monoisotopic (exact) mass is 309 g/mol. The molecule has 0 aliphatic heterocycles. The zero-order chi connectivity index (χ0) is 15.6. The van der Waals surface area contributed by atoms with Gasteiger partial charge in [-0.2, -0.15) is 5.10 Å². The minimum Gasteiger partial charge on any atom is -0.478 e. The SMILES string of the molecule is CCc1ccc(S(=O)(=O)Cc2ncnn2C)cc1C(=O)O. The van der Waals surface area contributed by atoms with Gasteiger partial charge in [-0.1, -0.05) is 13.0 Å². The molecule has 21 heavy (non-hydrogen) atoms. The minimum absolute atomic E-state index is 0.0107. The zero-order valence-corrected chi connectivity index (χ0v) is 12.5. The maximum atomic E-state index is 12.4. The molecule has 1 aromatic carbocycles. The Morgan fingerprint density at radius 2 is 2.10 bits per heavy atom. The second-order valence-corrected chi connectivity index (χ2v) is 6.53. The first-order valence-corrected chi connectivity index (χ1v) is 7.92. The molecule has 0 saturated heterocycles. The second kappa shape index (κ2) is 5.65. The number of carboxylic acids is 1. The zero-order valence-electron chi connectivity index (χ0n) is 11.6. The molecule has 0 amide bonds. The van der Waals surface area contributed by atoms with Crippen molar-refractivity contribution in [2.45, 2.75) is 24.0 Å². The topological polar surface area (TPSA) is 102 Å². The van der Waals surface area contributed by atoms with Gasteiger partial charge in [0.05, 0.1) is 10.5 Å². The minimum atomic E-state index is -3.67. The number of benzene rings is 1. The fraction of sp³-hybridized carbons (Fsp3) is 0.308. The van der Waals surface area contributed by atoms with Gasteiger partial charge in [-0.15, -0.1) is 0 Å². The molecule has 1 N–H and O–H groups in total. The summed E-state index contributed by atoms with van der Waals surface area (Å²) in [5.41, 5.74) is 0.608. The van der Waals surface area contributed by atoms with Gasteiger partial charge in [-0.25, -0.2) is 18.2 Å². The molecular weight excluding hydrogens is 294 g/mol. The quantitative estimate of drug-likeness (QED) is 0.885. The lowest BCUT2D eigenvalue weighted by Crippen LogP contribution is -2.11. The number of aromatic carboxylic acids is 1. The second-order valence-electron chi connectivity index (χ2n) is 4.54. The van der Waals surface area contributed by atoms with Crippen molar-refractivity contribution in [1.29, 1.82) is 0 Å². The largest absolute Gasteiger partial charge is 0.478 e. The highest BCUT2D eigenvalue weighted by molar-refractivity contribution is 7.90. The summed E-state index contributed by atoms with van der Waals surface area (Å²) >= 11 is 0. The summed E-state index contributed by atoms with van der Waals surface area (Å²) in [6, 6.07) is 4.16. The molecular formula is C13H15N3O4S. The fourth-order valence-electron chi connectivity index (χ4n) is 1.96. The van der Waals surface area contributed by atoms with Gasteiger partial charge in [0.2, 0.25) is 0 Å². The normalized spacial score (nSPS) is 11.5. The molecule has 2 aromatic rings. The number of hydrogen-bond acceptors (Lipinski definition) is 5. The molecule has 0 saturated carbocycles. The highest BCUT2D eigenvalue weighted by atomic mass is 32.2. The molecule has 0 bridgehead atoms. The van der Waals surface area contributed by atoms with Crippen molar-refractivity contribution < 1.29 is 18.3 Å². The van der Waals surface area contributed by atoms with E-state index in [1.807, 2.05) is 6.92 Å². The van der Waals surface area contributed by atoms with Crippen LogP contribution in [-0.4, -0.2) is 34.3 Å². The summed E-state index contributed by atoms with van der Waals surface area (Å²) in [4.78, 5) is 15.1. The van der Waals surface area contributed by atoms with Gasteiger partial charge < -0.3 is 5.11 Å². The van der Waals surface area contributed by atoms with Crippen LogP contribution in [0.3, 0.4) is 0 Å². The van der Waals surface area contributed by atoms with Crippen molar-refractivity contribution in [2.24, 2.45) is 7.05 Å². The predicted octanol–water partition coefficient (Wildman–Crippen LogP) is 1.05. The molecule has 0 atom stereocenters. The standard InChI is InChI=1S/C13H15N3O4S/c1-3-9-4-5-10(6-11(9)13(17)18)21(19,20)7-12-14-8-15-16(12)2/h4-6,8H,3,7H2,1-2H3,(H,17,18). The van der Waals surface area contributed by atoms with E-state index in [4.69, 9.17) is 5.11 Å². The van der Waals surface area contributed by atoms with Crippen LogP contribution in [0.2, 0.25) is 0 Å². The van der Waals surface area contributed by atoms with Crippen LogP contribution in [-0.2, 0) is 29.1 Å². The van der Waals surface area contributed by atoms with E-state index in [0.29, 0.717) is 17.8 Å². The number of rotatable bonds is 5. The van der Waals surface area contributed by atoms with Gasteiger partial charge >= 0.3 is 5.97 Å². The van der Waals surface area contributed by atoms with Gasteiger partial charge in [-0.05, 0) is 24.1 Å². The van der Waals surface area contributed by atoms with Crippen LogP contribution in [0.4, 0.5) is 0 Å². The summed E-state index contributed by atoms with van der Waals surface area (Å²) in [5, 5.41) is 13.0. The molecule has 8 heteroatoms. The molecule has 7 nitrogen and oxygen atoms in total. The van der Waals surface area contributed by atoms with Gasteiger partial charge in [0.1, 0.15) is 17.9 Å². The third-order valence-electron chi connectivity index (χ3n) is 3.18. The van der Waals surface area contributed by atoms with E-state index >= 15 is 0 Å². The molecule has 2 rings (SSSR count). The van der Waals surface area contributed by atoms with E-state index in [1.54, 1.807) is 7.05 Å². The van der Waals surface area contributed by atoms with E-state index < -0.39 is 15.8 Å². The number of nitrogens with zero attached hydrogens (tertiary/aromatic N) is 3. The average Bonchev–Trinajstić information content (AvgIpc) is 2.82. The molecule has 0 fully saturated rings. The Morgan fingerprint density at radius 3 is 2.62 bits per heavy atom. The molecule has 0 spiro atoms. The fourth-order valence-corrected chi connectivity index (χ4v) is 3.30. The van der Waals surface area contributed by atoms with E-state index in [9.17, 15) is 13.2 Å². The van der Waals surface area contributed by atoms with E-state index in [0.717, 1.165) is 0 Å². The maximum Gasteiger partial charge on any atom is 0.336 e. The first-order chi connectivity index (χ1) is 9.85. The average molecular weight is 309 g/mol. The molecule has 0 unspecified atom stereocenters. The van der Waals surface area contributed by atoms with Crippen molar-refractivity contribution in [3.63, 3.8) is 0 Å². The Balaban J connectivity index is 2.43. The lowest BCUT2D eigenvalue weighted by molar-refractivity contribution is 0.0695. The van der Waals surface area contributed by atoms with Crippen LogP contribution < -0.4 is 0 Å². The first-order valence-electron chi connectivity index (χ1n) is 6.27. The lowest BCUT2D eigenvalue weighted by atomic mass is 10.1. The van der Waals surface area contributed by atoms with Crippen LogP contribution in [0, 0.1) is 0 Å². The summed E-state index contributed by atoms with van der Waals surface area (Å²) in [6.07, 6.45) is 1.79. The number of hydrogen-bond donors (Lipinski definition) is 1. The molecule has 1 aromatic heterocycles. The predicted molar refractivity (Wildman–Crippen MR) is 74.7 cm³/mol. The Labute approximate surface area is 122 Å². The van der Waals surface area contributed by atoms with Crippen molar-refractivity contribution in [1.82, 2.24) is 14.8 Å².